The molecule has 0 bridgehead atoms. The van der Waals surface area contributed by atoms with Gasteiger partial charge in [0.1, 0.15) is 11.1 Å². The van der Waals surface area contributed by atoms with Crippen molar-refractivity contribution in [3.63, 3.8) is 0 Å². The standard InChI is InChI=1S/C10H22N6O7S2/c1-5-13(6-2)10(17)11-8-9(12-16(18)19)15(25(4,22)23)7-14(8)24(3,20)21/h8-9,12H,5-7H2,1-4H3,(H-,11,17,18,19)/p+1. The van der Waals surface area contributed by atoms with Crippen LogP contribution in [0.1, 0.15) is 13.8 Å². The third-order valence-corrected chi connectivity index (χ3v) is 6.00. The lowest BCUT2D eigenvalue weighted by Crippen LogP contribution is -2.60. The summed E-state index contributed by atoms with van der Waals surface area (Å²) in [5, 5.41) is 10.5. The van der Waals surface area contributed by atoms with Gasteiger partial charge < -0.3 is 10.2 Å². The Morgan fingerprint density at radius 1 is 1.12 bits per heavy atom. The van der Waals surface area contributed by atoms with E-state index in [0.29, 0.717) is 21.7 Å². The zero-order chi connectivity index (χ0) is 19.6. The maximum atomic E-state index is 12.3. The molecule has 1 rings (SSSR count). The first kappa shape index (κ1) is 21.3. The molecule has 146 valence electrons. The Morgan fingerprint density at radius 2 is 1.56 bits per heavy atom. The lowest BCUT2D eigenvalue weighted by Gasteiger charge is -2.28. The summed E-state index contributed by atoms with van der Waals surface area (Å²) < 4.78 is 49.2. The summed E-state index contributed by atoms with van der Waals surface area (Å²) in [5.41, 5.74) is 1.87. The molecule has 25 heavy (non-hydrogen) atoms. The monoisotopic (exact) mass is 403 g/mol. The van der Waals surface area contributed by atoms with E-state index in [0.717, 1.165) is 12.5 Å². The molecule has 0 radical (unpaired) electrons. The SMILES string of the molecule is CCN(CC)C(=O)NC1C(N[N+](=O)O)N(S(C)(=O)=O)CN1S(C)(=O)=O. The summed E-state index contributed by atoms with van der Waals surface area (Å²) in [6.07, 6.45) is -1.34. The van der Waals surface area contributed by atoms with Gasteiger partial charge in [-0.3, -0.25) is 0 Å². The van der Waals surface area contributed by atoms with Crippen LogP contribution in [0, 0.1) is 4.91 Å². The minimum absolute atomic E-state index is 0.329. The van der Waals surface area contributed by atoms with Gasteiger partial charge in [-0.15, -0.1) is 0 Å². The molecule has 1 heterocycles. The summed E-state index contributed by atoms with van der Waals surface area (Å²) in [6, 6.07) is -0.652. The normalized spacial score (nSPS) is 22.6. The molecule has 2 unspecified atom stereocenters. The number of nitrogens with one attached hydrogen (secondary N) is 2. The molecule has 1 aliphatic heterocycles. The van der Waals surface area contributed by atoms with E-state index < -0.39 is 50.1 Å². The number of urea groups is 1. The van der Waals surface area contributed by atoms with Crippen LogP contribution in [0.25, 0.3) is 0 Å². The van der Waals surface area contributed by atoms with Crippen LogP contribution in [0.2, 0.25) is 0 Å². The number of amides is 2. The molecule has 0 spiro atoms. The molecule has 0 aromatic carbocycles. The van der Waals surface area contributed by atoms with E-state index in [4.69, 9.17) is 5.21 Å². The number of hydrazine groups is 1. The van der Waals surface area contributed by atoms with Gasteiger partial charge >= 0.3 is 11.1 Å². The molecule has 15 heteroatoms. The minimum Gasteiger partial charge on any atom is -0.325 e. The second kappa shape index (κ2) is 7.67. The van der Waals surface area contributed by atoms with Crippen molar-refractivity contribution in [3.8, 4) is 0 Å². The molecular formula is C10H23N6O7S2+. The Hall–Kier alpha value is -1.71. The quantitative estimate of drug-likeness (QED) is 0.406. The van der Waals surface area contributed by atoms with E-state index in [-0.39, 0.29) is 0 Å². The molecule has 0 saturated carbocycles. The van der Waals surface area contributed by atoms with Gasteiger partial charge in [0.05, 0.1) is 19.2 Å². The highest BCUT2D eigenvalue weighted by Gasteiger charge is 2.52. The van der Waals surface area contributed by atoms with Crippen molar-refractivity contribution in [2.75, 3.05) is 32.3 Å². The van der Waals surface area contributed by atoms with Crippen molar-refractivity contribution in [3.05, 3.63) is 4.91 Å². The first-order valence-corrected chi connectivity index (χ1v) is 10.9. The van der Waals surface area contributed by atoms with Crippen molar-refractivity contribution in [2.24, 2.45) is 0 Å². The fourth-order valence-electron chi connectivity index (χ4n) is 2.38. The second-order valence-corrected chi connectivity index (χ2v) is 9.23. The first-order chi connectivity index (χ1) is 11.3. The van der Waals surface area contributed by atoms with Crippen molar-refractivity contribution < 1.29 is 31.9 Å². The molecule has 1 aliphatic rings. The lowest BCUT2D eigenvalue weighted by molar-refractivity contribution is -0.837. The van der Waals surface area contributed by atoms with Gasteiger partial charge in [0.25, 0.3) is 0 Å². The summed E-state index contributed by atoms with van der Waals surface area (Å²) in [7, 11) is -7.91. The van der Waals surface area contributed by atoms with Crippen LogP contribution in [0.3, 0.4) is 0 Å². The molecule has 2 atom stereocenters. The zero-order valence-corrected chi connectivity index (χ0v) is 15.9. The molecule has 0 aliphatic carbocycles. The van der Waals surface area contributed by atoms with Crippen molar-refractivity contribution >= 4 is 26.1 Å². The third-order valence-electron chi connectivity index (χ3n) is 3.62. The van der Waals surface area contributed by atoms with E-state index in [2.05, 4.69) is 5.32 Å². The average molecular weight is 403 g/mol. The van der Waals surface area contributed by atoms with Gasteiger partial charge in [-0.2, -0.15) is 8.61 Å². The van der Waals surface area contributed by atoms with Crippen LogP contribution in [-0.2, 0) is 20.0 Å². The summed E-state index contributed by atoms with van der Waals surface area (Å²) in [5.74, 6) is 0. The van der Waals surface area contributed by atoms with E-state index in [9.17, 15) is 26.5 Å². The third kappa shape index (κ3) is 5.13. The molecule has 0 aromatic rings. The number of carbonyl (C=O) groups excluding carboxylic acids is 1. The smallest absolute Gasteiger partial charge is 0.325 e. The van der Waals surface area contributed by atoms with E-state index in [1.807, 2.05) is 5.43 Å². The van der Waals surface area contributed by atoms with Gasteiger partial charge in [-0.1, -0.05) is 5.43 Å². The van der Waals surface area contributed by atoms with Crippen LogP contribution in [0.4, 0.5) is 4.79 Å². The predicted octanol–water partition coefficient (Wildman–Crippen LogP) is -2.14. The van der Waals surface area contributed by atoms with Gasteiger partial charge in [-0.25, -0.2) is 26.8 Å². The Kier molecular flexibility index (Phi) is 6.55. The van der Waals surface area contributed by atoms with E-state index in [1.54, 1.807) is 13.8 Å². The van der Waals surface area contributed by atoms with Crippen molar-refractivity contribution in [1.82, 2.24) is 24.3 Å². The van der Waals surface area contributed by atoms with E-state index >= 15 is 0 Å². The average Bonchev–Trinajstić information content (AvgIpc) is 2.78. The summed E-state index contributed by atoms with van der Waals surface area (Å²) >= 11 is 0. The molecule has 13 nitrogen and oxygen atoms in total. The number of hydrogen-bond donors (Lipinski definition) is 3. The zero-order valence-electron chi connectivity index (χ0n) is 14.3. The highest BCUT2D eigenvalue weighted by Crippen LogP contribution is 2.23. The van der Waals surface area contributed by atoms with Crippen LogP contribution in [-0.4, -0.2) is 91.2 Å². The molecular weight excluding hydrogens is 380 g/mol. The van der Waals surface area contributed by atoms with Gasteiger partial charge in [0.2, 0.25) is 20.0 Å². The van der Waals surface area contributed by atoms with Gasteiger partial charge in [-0.05, 0) is 13.8 Å². The summed E-state index contributed by atoms with van der Waals surface area (Å²) in [6.45, 7) is 3.44. The second-order valence-electron chi connectivity index (χ2n) is 5.36. The van der Waals surface area contributed by atoms with E-state index in [1.165, 1.54) is 4.90 Å². The molecule has 0 aromatic heterocycles. The van der Waals surface area contributed by atoms with Crippen LogP contribution >= 0.6 is 0 Å². The number of nitrogens with zero attached hydrogens (tertiary/aromatic N) is 4. The Bertz CT molecular complexity index is 720. The molecule has 1 fully saturated rings. The maximum absolute atomic E-state index is 12.3. The van der Waals surface area contributed by atoms with Crippen molar-refractivity contribution in [2.45, 2.75) is 26.2 Å². The number of carbonyl (C=O) groups is 1. The fourth-order valence-corrected chi connectivity index (χ4v) is 4.28. The van der Waals surface area contributed by atoms with Gasteiger partial charge in [0.15, 0.2) is 6.17 Å². The Morgan fingerprint density at radius 3 is 1.92 bits per heavy atom. The fraction of sp³-hybridized carbons (Fsp3) is 0.900. The first-order valence-electron chi connectivity index (χ1n) is 7.24. The number of rotatable bonds is 7. The predicted molar refractivity (Wildman–Crippen MR) is 85.8 cm³/mol. The summed E-state index contributed by atoms with van der Waals surface area (Å²) in [4.78, 5) is 24.6. The maximum Gasteiger partial charge on any atom is 0.356 e. The Labute approximate surface area is 146 Å². The van der Waals surface area contributed by atoms with Crippen molar-refractivity contribution in [1.29, 1.82) is 0 Å². The van der Waals surface area contributed by atoms with Crippen LogP contribution < -0.4 is 10.7 Å². The number of sulfonamides is 2. The highest BCUT2D eigenvalue weighted by molar-refractivity contribution is 7.89. The Balaban J connectivity index is 3.31. The number of hydrogen-bond acceptors (Lipinski definition) is 6. The van der Waals surface area contributed by atoms with Crippen LogP contribution in [0.15, 0.2) is 0 Å². The highest BCUT2D eigenvalue weighted by atomic mass is 32.2. The molecule has 1 saturated heterocycles. The molecule has 3 N–H and O–H groups in total. The minimum atomic E-state index is -3.97. The molecule has 2 amide bonds. The van der Waals surface area contributed by atoms with Crippen LogP contribution in [0.5, 0.6) is 0 Å². The lowest BCUT2D eigenvalue weighted by atomic mass is 10.4. The topological polar surface area (TPSA) is 159 Å². The van der Waals surface area contributed by atoms with Gasteiger partial charge in [0, 0.05) is 13.1 Å². The largest absolute Gasteiger partial charge is 0.356 e.